The summed E-state index contributed by atoms with van der Waals surface area (Å²) in [4.78, 5) is 27.8. The number of benzene rings is 3. The number of nitrogens with one attached hydrogen (secondary N) is 2. The van der Waals surface area contributed by atoms with Gasteiger partial charge in [0, 0.05) is 44.7 Å². The van der Waals surface area contributed by atoms with Crippen LogP contribution in [0.2, 0.25) is 5.02 Å². The van der Waals surface area contributed by atoms with Gasteiger partial charge in [0.25, 0.3) is 5.91 Å². The first kappa shape index (κ1) is 25.8. The molecule has 40 heavy (non-hydrogen) atoms. The Morgan fingerprint density at radius 1 is 1.07 bits per heavy atom. The molecule has 2 aliphatic rings. The molecular weight excluding hydrogens is 554 g/mol. The van der Waals surface area contributed by atoms with Crippen molar-refractivity contribution in [2.75, 3.05) is 16.8 Å². The van der Waals surface area contributed by atoms with E-state index in [1.807, 2.05) is 0 Å². The van der Waals surface area contributed by atoms with Crippen molar-refractivity contribution in [3.63, 3.8) is 0 Å². The van der Waals surface area contributed by atoms with Crippen LogP contribution in [0.1, 0.15) is 45.7 Å². The number of β-amino-alcohol motifs (C(OH)–C–C–N with tert-alkyl or cyclic N) is 1. The Kier molecular flexibility index (Phi) is 6.23. The Morgan fingerprint density at radius 2 is 1.80 bits per heavy atom. The lowest BCUT2D eigenvalue weighted by Crippen LogP contribution is -2.34. The lowest BCUT2D eigenvalue weighted by Gasteiger charge is -2.22. The Bertz CT molecular complexity index is 1690. The minimum atomic E-state index is -2.89. The number of nitrogens with zero attached hydrogens (tertiary/aromatic N) is 3. The van der Waals surface area contributed by atoms with Crippen LogP contribution in [0.15, 0.2) is 60.9 Å². The van der Waals surface area contributed by atoms with Crippen molar-refractivity contribution in [1.82, 2.24) is 15.1 Å². The van der Waals surface area contributed by atoms with Gasteiger partial charge in [0.05, 0.1) is 30.6 Å². The smallest absolute Gasteiger partial charge is 0.333 e. The summed E-state index contributed by atoms with van der Waals surface area (Å²) < 4.78 is 54.7. The maximum Gasteiger partial charge on any atom is 0.333 e. The number of urea groups is 1. The average Bonchev–Trinajstić information content (AvgIpc) is 3.62. The molecule has 3 amide bonds. The van der Waals surface area contributed by atoms with Crippen LogP contribution in [0.5, 0.6) is 0 Å². The summed E-state index contributed by atoms with van der Waals surface area (Å²) in [5, 5.41) is 19.7. The Morgan fingerprint density at radius 3 is 2.52 bits per heavy atom. The predicted octanol–water partition coefficient (Wildman–Crippen LogP) is 5.80. The van der Waals surface area contributed by atoms with E-state index < -0.39 is 42.3 Å². The molecule has 6 rings (SSSR count). The van der Waals surface area contributed by atoms with Gasteiger partial charge in [-0.05, 0) is 54.1 Å². The third kappa shape index (κ3) is 4.34. The molecule has 3 N–H and O–H groups in total. The Hall–Kier alpha value is -4.42. The van der Waals surface area contributed by atoms with Gasteiger partial charge in [0.15, 0.2) is 0 Å². The van der Waals surface area contributed by atoms with Gasteiger partial charge in [-0.1, -0.05) is 11.6 Å². The third-order valence-electron chi connectivity index (χ3n) is 6.87. The maximum absolute atomic E-state index is 14.2. The number of hydrogen-bond donors (Lipinski definition) is 3. The first-order valence-electron chi connectivity index (χ1n) is 11.9. The lowest BCUT2D eigenvalue weighted by molar-refractivity contribution is 0.0566. The summed E-state index contributed by atoms with van der Waals surface area (Å²) in [7, 11) is 0. The van der Waals surface area contributed by atoms with E-state index in [2.05, 4.69) is 15.7 Å². The molecule has 4 aromatic rings. The Balaban J connectivity index is 1.46. The molecule has 13 heteroatoms. The van der Waals surface area contributed by atoms with Gasteiger partial charge in [0.1, 0.15) is 11.6 Å². The third-order valence-corrected chi connectivity index (χ3v) is 7.22. The molecule has 0 fully saturated rings. The van der Waals surface area contributed by atoms with E-state index in [0.717, 1.165) is 30.5 Å². The monoisotopic (exact) mass is 571 g/mol. The maximum atomic E-state index is 14.2. The summed E-state index contributed by atoms with van der Waals surface area (Å²) in [5.41, 5.74) is 1.78. The average molecular weight is 572 g/mol. The van der Waals surface area contributed by atoms with Gasteiger partial charge in [-0.25, -0.2) is 18.3 Å². The van der Waals surface area contributed by atoms with Crippen molar-refractivity contribution < 1.29 is 32.3 Å². The number of rotatable bonds is 4. The van der Waals surface area contributed by atoms with Gasteiger partial charge < -0.3 is 15.7 Å². The van der Waals surface area contributed by atoms with E-state index in [-0.39, 0.29) is 50.8 Å². The van der Waals surface area contributed by atoms with E-state index in [1.54, 1.807) is 0 Å². The van der Waals surface area contributed by atoms with Crippen molar-refractivity contribution in [2.45, 2.75) is 18.7 Å². The number of aliphatic hydroxyl groups is 1. The summed E-state index contributed by atoms with van der Waals surface area (Å²) in [6.45, 7) is -3.05. The van der Waals surface area contributed by atoms with E-state index >= 15 is 0 Å². The van der Waals surface area contributed by atoms with Crippen LogP contribution in [0.4, 0.5) is 33.7 Å². The molecule has 0 bridgehead atoms. The van der Waals surface area contributed by atoms with E-state index in [9.17, 15) is 32.3 Å². The number of aliphatic hydroxyl groups excluding tert-OH is 1. The summed E-state index contributed by atoms with van der Waals surface area (Å²) in [6, 6.07) is 8.58. The molecule has 0 radical (unpaired) electrons. The highest BCUT2D eigenvalue weighted by Gasteiger charge is 2.37. The molecule has 3 heterocycles. The number of carbonyl (C=O) groups excluding carboxylic acids is 2. The van der Waals surface area contributed by atoms with Crippen molar-refractivity contribution in [3.8, 4) is 11.1 Å². The number of carbonyl (C=O) groups is 2. The van der Waals surface area contributed by atoms with Gasteiger partial charge in [0.2, 0.25) is 0 Å². The van der Waals surface area contributed by atoms with Crippen LogP contribution in [0.3, 0.4) is 0 Å². The molecule has 2 aliphatic heterocycles. The van der Waals surface area contributed by atoms with E-state index in [4.69, 9.17) is 11.6 Å². The zero-order valence-corrected chi connectivity index (χ0v) is 21.0. The molecule has 1 aromatic heterocycles. The topological polar surface area (TPSA) is 99.5 Å². The molecule has 3 aromatic carbocycles. The zero-order chi connectivity index (χ0) is 28.3. The number of hydrogen-bond acceptors (Lipinski definition) is 4. The van der Waals surface area contributed by atoms with Crippen molar-refractivity contribution in [1.29, 1.82) is 0 Å². The number of anilines is 2. The summed E-state index contributed by atoms with van der Waals surface area (Å²) in [6.07, 6.45) is 1.15. The van der Waals surface area contributed by atoms with Crippen LogP contribution in [0.25, 0.3) is 11.1 Å². The molecule has 0 saturated carbocycles. The highest BCUT2D eigenvalue weighted by molar-refractivity contribution is 6.31. The molecule has 0 unspecified atom stereocenters. The molecule has 8 nitrogen and oxygen atoms in total. The van der Waals surface area contributed by atoms with Crippen LogP contribution in [0, 0.1) is 11.6 Å². The largest absolute Gasteiger partial charge is 0.386 e. The molecule has 2 atom stereocenters. The molecular formula is C27H18ClF4N5O3. The first-order chi connectivity index (χ1) is 19.1. The second kappa shape index (κ2) is 9.65. The quantitative estimate of drug-likeness (QED) is 0.270. The number of alkyl halides is 2. The van der Waals surface area contributed by atoms with Gasteiger partial charge in [-0.2, -0.15) is 13.9 Å². The van der Waals surface area contributed by atoms with Crippen LogP contribution < -0.4 is 15.5 Å². The highest BCUT2D eigenvalue weighted by Crippen LogP contribution is 2.42. The van der Waals surface area contributed by atoms with E-state index in [1.165, 1.54) is 35.4 Å². The highest BCUT2D eigenvalue weighted by atomic mass is 35.5. The number of aromatic nitrogens is 2. The Labute approximate surface area is 228 Å². The normalized spacial score (nSPS) is 17.7. The minimum absolute atomic E-state index is 0.104. The van der Waals surface area contributed by atoms with Gasteiger partial charge in [-0.15, -0.1) is 0 Å². The minimum Gasteiger partial charge on any atom is -0.386 e. The van der Waals surface area contributed by atoms with Crippen LogP contribution in [-0.2, 0) is 0 Å². The number of fused-ring (bicyclic) bond motifs is 2. The number of amides is 3. The van der Waals surface area contributed by atoms with Crippen molar-refractivity contribution >= 4 is 34.9 Å². The number of halogens is 5. The van der Waals surface area contributed by atoms with Gasteiger partial charge in [-0.3, -0.25) is 9.69 Å². The predicted molar refractivity (Wildman–Crippen MR) is 137 cm³/mol. The fraction of sp³-hybridized carbons (Fsp3) is 0.148. The van der Waals surface area contributed by atoms with Crippen molar-refractivity contribution in [2.24, 2.45) is 0 Å². The van der Waals surface area contributed by atoms with Gasteiger partial charge >= 0.3 is 12.6 Å². The van der Waals surface area contributed by atoms with Crippen molar-refractivity contribution in [3.05, 3.63) is 99.8 Å². The summed E-state index contributed by atoms with van der Waals surface area (Å²) >= 11 is 6.34. The molecule has 0 saturated heterocycles. The summed E-state index contributed by atoms with van der Waals surface area (Å²) in [5.74, 6) is -1.73. The zero-order valence-electron chi connectivity index (χ0n) is 20.2. The van der Waals surface area contributed by atoms with Crippen LogP contribution >= 0.6 is 11.6 Å². The second-order valence-corrected chi connectivity index (χ2v) is 9.71. The van der Waals surface area contributed by atoms with E-state index in [0.29, 0.717) is 10.2 Å². The second-order valence-electron chi connectivity index (χ2n) is 9.30. The standard InChI is InChI=1S/C27H18ClF4N5O3/c28-19-3-1-14(29)7-16(19)24-23-18(25(39)35-24)5-12(13-9-33-37(10-13)26(31)32)6-20(23)34-27(40)36-11-22(38)17-8-15(30)2-4-21(17)36/h1-10,22,24,26,38H,11H2,(H,34,40)(H,35,39)/t22-,24-/m1/s1. The fourth-order valence-corrected chi connectivity index (χ4v) is 5.28. The van der Waals surface area contributed by atoms with Crippen LogP contribution in [-0.4, -0.2) is 33.4 Å². The SMILES string of the molecule is O=C1N[C@H](c2cc(F)ccc2Cl)c2c(NC(=O)N3C[C@@H](O)c4cc(F)ccc43)cc(-c3cnn(C(F)F)c3)cc21. The first-order valence-corrected chi connectivity index (χ1v) is 12.3. The fourth-order valence-electron chi connectivity index (χ4n) is 5.05. The molecule has 0 aliphatic carbocycles. The molecule has 0 spiro atoms. The molecule has 204 valence electrons. The lowest BCUT2D eigenvalue weighted by atomic mass is 9.93.